The summed E-state index contributed by atoms with van der Waals surface area (Å²) in [4.78, 5) is 33.9. The van der Waals surface area contributed by atoms with Gasteiger partial charge in [0.05, 0.1) is 0 Å². The van der Waals surface area contributed by atoms with E-state index in [2.05, 4.69) is 0 Å². The molecule has 0 unspecified atom stereocenters. The molecular weight excluding hydrogens is 196 g/mol. The molecule has 0 saturated heterocycles. The second-order valence-electron chi connectivity index (χ2n) is 2.86. The van der Waals surface area contributed by atoms with Gasteiger partial charge in [-0.3, -0.25) is 9.59 Å². The molecule has 0 saturated carbocycles. The molecule has 5 nitrogen and oxygen atoms in total. The van der Waals surface area contributed by atoms with Crippen LogP contribution in [0.15, 0.2) is 30.3 Å². The Hall–Kier alpha value is -2.17. The Labute approximate surface area is 86.5 Å². The minimum Gasteiger partial charge on any atom is -0.351 e. The summed E-state index contributed by atoms with van der Waals surface area (Å²) < 4.78 is 0. The molecular formula is C10H10N2O3. The molecule has 2 N–H and O–H groups in total. The third-order valence-electron chi connectivity index (χ3n) is 1.76. The topological polar surface area (TPSA) is 80.5 Å². The summed E-state index contributed by atoms with van der Waals surface area (Å²) in [7, 11) is 0. The highest BCUT2D eigenvalue weighted by atomic mass is 16.2. The third-order valence-corrected chi connectivity index (χ3v) is 1.76. The first-order valence-corrected chi connectivity index (χ1v) is 4.23. The van der Waals surface area contributed by atoms with Gasteiger partial charge in [0.25, 0.3) is 5.91 Å². The van der Waals surface area contributed by atoms with E-state index in [9.17, 15) is 14.4 Å². The number of hydrogen-bond acceptors (Lipinski definition) is 3. The number of nitrogens with zero attached hydrogens (tertiary/aromatic N) is 1. The van der Waals surface area contributed by atoms with Crippen LogP contribution in [0.4, 0.5) is 4.79 Å². The summed E-state index contributed by atoms with van der Waals surface area (Å²) in [5, 5.41) is 0. The van der Waals surface area contributed by atoms with E-state index in [1.54, 1.807) is 18.2 Å². The number of urea groups is 1. The van der Waals surface area contributed by atoms with Crippen molar-refractivity contribution in [3.8, 4) is 0 Å². The molecule has 0 bridgehead atoms. The minimum atomic E-state index is -1.07. The fraction of sp³-hybridized carbons (Fsp3) is 0.100. The Kier molecular flexibility index (Phi) is 3.17. The molecule has 15 heavy (non-hydrogen) atoms. The number of imide groups is 3. The van der Waals surface area contributed by atoms with Gasteiger partial charge in [-0.15, -0.1) is 0 Å². The van der Waals surface area contributed by atoms with E-state index in [1.807, 2.05) is 0 Å². The summed E-state index contributed by atoms with van der Waals surface area (Å²) in [5.41, 5.74) is 5.16. The van der Waals surface area contributed by atoms with Gasteiger partial charge in [0.2, 0.25) is 5.91 Å². The highest BCUT2D eigenvalue weighted by Crippen LogP contribution is 2.04. The van der Waals surface area contributed by atoms with Crippen molar-refractivity contribution in [2.24, 2.45) is 5.73 Å². The van der Waals surface area contributed by atoms with Crippen molar-refractivity contribution in [3.05, 3.63) is 35.9 Å². The largest absolute Gasteiger partial charge is 0.351 e. The molecule has 78 valence electrons. The average molecular weight is 206 g/mol. The Balaban J connectivity index is 3.02. The van der Waals surface area contributed by atoms with E-state index in [-0.39, 0.29) is 5.56 Å². The molecule has 0 spiro atoms. The predicted octanol–water partition coefficient (Wildman–Crippen LogP) is 0.754. The Morgan fingerprint density at radius 2 is 1.67 bits per heavy atom. The van der Waals surface area contributed by atoms with E-state index in [1.165, 1.54) is 12.1 Å². The normalized spacial score (nSPS) is 9.40. The van der Waals surface area contributed by atoms with Gasteiger partial charge in [0.1, 0.15) is 0 Å². The van der Waals surface area contributed by atoms with Crippen molar-refractivity contribution in [1.82, 2.24) is 4.90 Å². The molecule has 1 rings (SSSR count). The highest BCUT2D eigenvalue weighted by Gasteiger charge is 2.24. The van der Waals surface area contributed by atoms with E-state index < -0.39 is 17.8 Å². The van der Waals surface area contributed by atoms with Crippen LogP contribution in [0.3, 0.4) is 0 Å². The molecule has 0 aliphatic rings. The third kappa shape index (κ3) is 2.40. The second kappa shape index (κ2) is 4.36. The van der Waals surface area contributed by atoms with E-state index in [4.69, 9.17) is 5.73 Å². The smallest absolute Gasteiger partial charge is 0.328 e. The van der Waals surface area contributed by atoms with Crippen molar-refractivity contribution in [2.45, 2.75) is 6.92 Å². The molecule has 0 radical (unpaired) electrons. The van der Waals surface area contributed by atoms with Crippen LogP contribution < -0.4 is 5.73 Å². The zero-order valence-electron chi connectivity index (χ0n) is 8.14. The quantitative estimate of drug-likeness (QED) is 0.736. The molecule has 0 atom stereocenters. The number of benzene rings is 1. The van der Waals surface area contributed by atoms with Crippen LogP contribution in [0.25, 0.3) is 0 Å². The van der Waals surface area contributed by atoms with E-state index >= 15 is 0 Å². The maximum absolute atomic E-state index is 11.6. The van der Waals surface area contributed by atoms with E-state index in [0.717, 1.165) is 6.92 Å². The lowest BCUT2D eigenvalue weighted by Crippen LogP contribution is -2.43. The van der Waals surface area contributed by atoms with Crippen molar-refractivity contribution >= 4 is 17.8 Å². The molecule has 0 fully saturated rings. The van der Waals surface area contributed by atoms with Gasteiger partial charge in [-0.2, -0.15) is 4.90 Å². The first kappa shape index (κ1) is 10.9. The standard InChI is InChI=1S/C10H10N2O3/c1-7(13)12(10(11)15)9(14)8-5-3-2-4-6-8/h2-6H,1H3,(H2,11,15). The lowest BCUT2D eigenvalue weighted by atomic mass is 10.2. The number of carbonyl (C=O) groups is 3. The summed E-state index contributed by atoms with van der Waals surface area (Å²) in [6.07, 6.45) is 0. The molecule has 5 heteroatoms. The second-order valence-corrected chi connectivity index (χ2v) is 2.86. The van der Waals surface area contributed by atoms with Gasteiger partial charge in [-0.05, 0) is 12.1 Å². The first-order valence-electron chi connectivity index (χ1n) is 4.23. The first-order chi connectivity index (χ1) is 7.04. The Morgan fingerprint density at radius 1 is 1.13 bits per heavy atom. The van der Waals surface area contributed by atoms with Crippen molar-refractivity contribution in [1.29, 1.82) is 0 Å². The zero-order chi connectivity index (χ0) is 11.4. The molecule has 0 aliphatic carbocycles. The monoisotopic (exact) mass is 206 g/mol. The average Bonchev–Trinajstić information content (AvgIpc) is 2.18. The number of primary amides is 1. The van der Waals surface area contributed by atoms with Gasteiger partial charge in [-0.1, -0.05) is 18.2 Å². The predicted molar refractivity (Wildman–Crippen MR) is 52.9 cm³/mol. The van der Waals surface area contributed by atoms with Crippen molar-refractivity contribution in [2.75, 3.05) is 0 Å². The van der Waals surface area contributed by atoms with Gasteiger partial charge in [-0.25, -0.2) is 4.79 Å². The Bertz CT molecular complexity index is 386. The molecule has 0 aliphatic heterocycles. The van der Waals surface area contributed by atoms with Crippen LogP contribution in [-0.2, 0) is 4.79 Å². The van der Waals surface area contributed by atoms with E-state index in [0.29, 0.717) is 4.90 Å². The van der Waals surface area contributed by atoms with Crippen LogP contribution in [0.5, 0.6) is 0 Å². The maximum Gasteiger partial charge on any atom is 0.328 e. The SMILES string of the molecule is CC(=O)N(C(N)=O)C(=O)c1ccccc1. The highest BCUT2D eigenvalue weighted by molar-refractivity contribution is 6.15. The van der Waals surface area contributed by atoms with Crippen LogP contribution in [-0.4, -0.2) is 22.7 Å². The molecule has 1 aromatic carbocycles. The summed E-state index contributed by atoms with van der Waals surface area (Å²) in [5.74, 6) is -1.41. The van der Waals surface area contributed by atoms with Gasteiger partial charge < -0.3 is 5.73 Å². The number of rotatable bonds is 1. The fourth-order valence-corrected chi connectivity index (χ4v) is 1.11. The van der Waals surface area contributed by atoms with Gasteiger partial charge >= 0.3 is 6.03 Å². The van der Waals surface area contributed by atoms with Crippen LogP contribution in [0, 0.1) is 0 Å². The van der Waals surface area contributed by atoms with Crippen LogP contribution >= 0.6 is 0 Å². The van der Waals surface area contributed by atoms with Gasteiger partial charge in [0, 0.05) is 12.5 Å². The lowest BCUT2D eigenvalue weighted by molar-refractivity contribution is -0.123. The minimum absolute atomic E-state index is 0.242. The van der Waals surface area contributed by atoms with Crippen LogP contribution in [0.1, 0.15) is 17.3 Å². The number of amides is 4. The molecule has 0 aromatic heterocycles. The molecule has 1 aromatic rings. The zero-order valence-corrected chi connectivity index (χ0v) is 8.14. The van der Waals surface area contributed by atoms with Crippen LogP contribution in [0.2, 0.25) is 0 Å². The fourth-order valence-electron chi connectivity index (χ4n) is 1.11. The number of carbonyl (C=O) groups excluding carboxylic acids is 3. The Morgan fingerprint density at radius 3 is 2.07 bits per heavy atom. The van der Waals surface area contributed by atoms with Crippen molar-refractivity contribution < 1.29 is 14.4 Å². The molecule has 4 amide bonds. The van der Waals surface area contributed by atoms with Gasteiger partial charge in [0.15, 0.2) is 0 Å². The van der Waals surface area contributed by atoms with Crippen molar-refractivity contribution in [3.63, 3.8) is 0 Å². The lowest BCUT2D eigenvalue weighted by Gasteiger charge is -2.13. The maximum atomic E-state index is 11.6. The molecule has 0 heterocycles. The summed E-state index contributed by atoms with van der Waals surface area (Å²) in [6, 6.07) is 6.91. The summed E-state index contributed by atoms with van der Waals surface area (Å²) >= 11 is 0. The summed E-state index contributed by atoms with van der Waals surface area (Å²) in [6.45, 7) is 1.10. The number of hydrogen-bond donors (Lipinski definition) is 1. The number of nitrogens with two attached hydrogens (primary N) is 1.